The largest absolute Gasteiger partial charge is 0.461 e. The van der Waals surface area contributed by atoms with Gasteiger partial charge in [-0.25, -0.2) is 0 Å². The molecule has 3 aromatic rings. The normalized spacial score (nSPS) is 10.5. The molecule has 0 saturated heterocycles. The Hall–Kier alpha value is -2.44. The van der Waals surface area contributed by atoms with E-state index in [4.69, 9.17) is 21.3 Å². The van der Waals surface area contributed by atoms with Crippen LogP contribution in [-0.2, 0) is 6.54 Å². The molecule has 1 heterocycles. The van der Waals surface area contributed by atoms with E-state index >= 15 is 0 Å². The lowest BCUT2D eigenvalue weighted by atomic mass is 10.1. The highest BCUT2D eigenvalue weighted by atomic mass is 35.5. The summed E-state index contributed by atoms with van der Waals surface area (Å²) in [5.41, 5.74) is 3.31. The molecule has 0 bridgehead atoms. The van der Waals surface area contributed by atoms with E-state index in [0.717, 1.165) is 28.0 Å². The van der Waals surface area contributed by atoms with Gasteiger partial charge < -0.3 is 9.73 Å². The highest BCUT2D eigenvalue weighted by molar-refractivity contribution is 6.33. The smallest absolute Gasteiger partial charge is 0.134 e. The number of halogens is 1. The van der Waals surface area contributed by atoms with Crippen LogP contribution in [0.15, 0.2) is 46.9 Å². The van der Waals surface area contributed by atoms with E-state index in [9.17, 15) is 0 Å². The van der Waals surface area contributed by atoms with Crippen molar-refractivity contribution in [3.63, 3.8) is 0 Å². The van der Waals surface area contributed by atoms with Crippen molar-refractivity contribution in [2.45, 2.75) is 13.5 Å². The standard InChI is InChI=1S/C17H13ClN2O/c1-11-14(13-4-2-3-5-17(13)21-11)10-20-16-8-12(9-19)6-7-15(16)18/h2-8,20H,10H2,1H3. The van der Waals surface area contributed by atoms with Gasteiger partial charge in [-0.1, -0.05) is 29.8 Å². The van der Waals surface area contributed by atoms with Crippen LogP contribution in [0.4, 0.5) is 5.69 Å². The lowest BCUT2D eigenvalue weighted by molar-refractivity contribution is 0.573. The summed E-state index contributed by atoms with van der Waals surface area (Å²) >= 11 is 6.16. The van der Waals surface area contributed by atoms with Gasteiger partial charge in [0.15, 0.2) is 0 Å². The predicted molar refractivity (Wildman–Crippen MR) is 84.4 cm³/mol. The van der Waals surface area contributed by atoms with Gasteiger partial charge >= 0.3 is 0 Å². The molecule has 0 amide bonds. The second kappa shape index (κ2) is 5.51. The molecule has 1 aromatic heterocycles. The summed E-state index contributed by atoms with van der Waals surface area (Å²) in [6.07, 6.45) is 0. The summed E-state index contributed by atoms with van der Waals surface area (Å²) in [7, 11) is 0. The number of aryl methyl sites for hydroxylation is 1. The van der Waals surface area contributed by atoms with Crippen molar-refractivity contribution in [2.24, 2.45) is 0 Å². The van der Waals surface area contributed by atoms with Crippen LogP contribution in [0.5, 0.6) is 0 Å². The molecule has 104 valence electrons. The highest BCUT2D eigenvalue weighted by Crippen LogP contribution is 2.28. The van der Waals surface area contributed by atoms with E-state index in [0.29, 0.717) is 17.1 Å². The molecule has 0 aliphatic carbocycles. The number of rotatable bonds is 3. The molecule has 1 N–H and O–H groups in total. The van der Waals surface area contributed by atoms with Gasteiger partial charge in [0.1, 0.15) is 11.3 Å². The Morgan fingerprint density at radius 2 is 2.05 bits per heavy atom. The summed E-state index contributed by atoms with van der Waals surface area (Å²) < 4.78 is 5.74. The number of benzene rings is 2. The Labute approximate surface area is 127 Å². The maximum atomic E-state index is 8.95. The number of hydrogen-bond acceptors (Lipinski definition) is 3. The molecule has 0 aliphatic rings. The summed E-state index contributed by atoms with van der Waals surface area (Å²) in [5.74, 6) is 0.885. The molecular weight excluding hydrogens is 284 g/mol. The molecule has 0 unspecified atom stereocenters. The predicted octanol–water partition coefficient (Wildman–Crippen LogP) is 4.88. The summed E-state index contributed by atoms with van der Waals surface area (Å²) in [4.78, 5) is 0. The quantitative estimate of drug-likeness (QED) is 0.749. The van der Waals surface area contributed by atoms with Crippen LogP contribution in [0.2, 0.25) is 5.02 Å². The number of anilines is 1. The zero-order valence-corrected chi connectivity index (χ0v) is 12.2. The van der Waals surface area contributed by atoms with Crippen molar-refractivity contribution in [3.05, 3.63) is 64.4 Å². The van der Waals surface area contributed by atoms with Crippen LogP contribution in [0.3, 0.4) is 0 Å². The number of para-hydroxylation sites is 1. The summed E-state index contributed by atoms with van der Waals surface area (Å²) in [6.45, 7) is 2.54. The van der Waals surface area contributed by atoms with E-state index in [1.54, 1.807) is 18.2 Å². The zero-order chi connectivity index (χ0) is 14.8. The van der Waals surface area contributed by atoms with Gasteiger partial charge in [0, 0.05) is 17.5 Å². The van der Waals surface area contributed by atoms with Gasteiger partial charge in [-0.15, -0.1) is 0 Å². The van der Waals surface area contributed by atoms with Crippen LogP contribution in [-0.4, -0.2) is 0 Å². The van der Waals surface area contributed by atoms with Gasteiger partial charge in [-0.2, -0.15) is 5.26 Å². The fourth-order valence-corrected chi connectivity index (χ4v) is 2.54. The lowest BCUT2D eigenvalue weighted by Crippen LogP contribution is -2.01. The van der Waals surface area contributed by atoms with E-state index in [2.05, 4.69) is 11.4 Å². The summed E-state index contributed by atoms with van der Waals surface area (Å²) in [5, 5.41) is 13.9. The van der Waals surface area contributed by atoms with Crippen LogP contribution < -0.4 is 5.32 Å². The molecule has 4 heteroatoms. The minimum absolute atomic E-state index is 0.579. The van der Waals surface area contributed by atoms with Gasteiger partial charge in [-0.05, 0) is 31.2 Å². The highest BCUT2D eigenvalue weighted by Gasteiger charge is 2.10. The van der Waals surface area contributed by atoms with Crippen LogP contribution in [0.1, 0.15) is 16.9 Å². The molecule has 3 nitrogen and oxygen atoms in total. The third-order valence-electron chi connectivity index (χ3n) is 3.45. The van der Waals surface area contributed by atoms with Gasteiger partial charge in [0.2, 0.25) is 0 Å². The molecule has 0 aliphatic heterocycles. The molecular formula is C17H13ClN2O. The molecule has 3 rings (SSSR count). The maximum Gasteiger partial charge on any atom is 0.134 e. The first-order valence-corrected chi connectivity index (χ1v) is 6.97. The van der Waals surface area contributed by atoms with Gasteiger partial charge in [0.05, 0.1) is 22.3 Å². The van der Waals surface area contributed by atoms with Crippen molar-refractivity contribution < 1.29 is 4.42 Å². The average molecular weight is 297 g/mol. The maximum absolute atomic E-state index is 8.95. The monoisotopic (exact) mass is 296 g/mol. The first-order chi connectivity index (χ1) is 10.2. The lowest BCUT2D eigenvalue weighted by Gasteiger charge is -2.08. The Bertz CT molecular complexity index is 846. The number of nitrogens with one attached hydrogen (secondary N) is 1. The number of nitriles is 1. The Morgan fingerprint density at radius 3 is 2.86 bits per heavy atom. The van der Waals surface area contributed by atoms with Crippen LogP contribution in [0, 0.1) is 18.3 Å². The molecule has 0 atom stereocenters. The van der Waals surface area contributed by atoms with E-state index in [-0.39, 0.29) is 0 Å². The molecule has 0 saturated carbocycles. The van der Waals surface area contributed by atoms with Crippen LogP contribution >= 0.6 is 11.6 Å². The third kappa shape index (κ3) is 2.58. The van der Waals surface area contributed by atoms with Crippen molar-refractivity contribution in [2.75, 3.05) is 5.32 Å². The first-order valence-electron chi connectivity index (χ1n) is 6.59. The Kier molecular flexibility index (Phi) is 3.55. The minimum atomic E-state index is 0.579. The fraction of sp³-hybridized carbons (Fsp3) is 0.118. The number of fused-ring (bicyclic) bond motifs is 1. The van der Waals surface area contributed by atoms with E-state index < -0.39 is 0 Å². The number of furan rings is 1. The van der Waals surface area contributed by atoms with Gasteiger partial charge in [-0.3, -0.25) is 0 Å². The summed E-state index contributed by atoms with van der Waals surface area (Å²) in [6, 6.07) is 15.2. The first kappa shape index (κ1) is 13.5. The number of nitrogens with zero attached hydrogens (tertiary/aromatic N) is 1. The molecule has 0 radical (unpaired) electrons. The number of hydrogen-bond donors (Lipinski definition) is 1. The third-order valence-corrected chi connectivity index (χ3v) is 3.78. The van der Waals surface area contributed by atoms with Gasteiger partial charge in [0.25, 0.3) is 0 Å². The van der Waals surface area contributed by atoms with E-state index in [1.165, 1.54) is 0 Å². The van der Waals surface area contributed by atoms with Crippen molar-refractivity contribution in [1.82, 2.24) is 0 Å². The molecule has 2 aromatic carbocycles. The van der Waals surface area contributed by atoms with Crippen molar-refractivity contribution in [3.8, 4) is 6.07 Å². The Balaban J connectivity index is 1.90. The molecule has 21 heavy (non-hydrogen) atoms. The van der Waals surface area contributed by atoms with Crippen LogP contribution in [0.25, 0.3) is 11.0 Å². The Morgan fingerprint density at radius 1 is 1.24 bits per heavy atom. The van der Waals surface area contributed by atoms with Crippen molar-refractivity contribution >= 4 is 28.3 Å². The topological polar surface area (TPSA) is 49.0 Å². The SMILES string of the molecule is Cc1oc2ccccc2c1CNc1cc(C#N)ccc1Cl. The minimum Gasteiger partial charge on any atom is -0.461 e. The zero-order valence-electron chi connectivity index (χ0n) is 11.5. The average Bonchev–Trinajstić information content (AvgIpc) is 2.82. The molecule has 0 spiro atoms. The second-order valence-electron chi connectivity index (χ2n) is 4.79. The van der Waals surface area contributed by atoms with Crippen molar-refractivity contribution in [1.29, 1.82) is 5.26 Å². The second-order valence-corrected chi connectivity index (χ2v) is 5.20. The van der Waals surface area contributed by atoms with E-state index in [1.807, 2.05) is 31.2 Å². The fourth-order valence-electron chi connectivity index (χ4n) is 2.35. The molecule has 0 fully saturated rings.